The van der Waals surface area contributed by atoms with E-state index < -0.39 is 5.60 Å². The highest BCUT2D eigenvalue weighted by Crippen LogP contribution is 2.44. The molecule has 1 aliphatic rings. The molecule has 1 fully saturated rings. The predicted molar refractivity (Wildman–Crippen MR) is 46.1 cm³/mol. The summed E-state index contributed by atoms with van der Waals surface area (Å²) in [4.78, 5) is 4.19. The third-order valence-corrected chi connectivity index (χ3v) is 2.51. The molecule has 0 amide bonds. The molecule has 2 heterocycles. The molecule has 13 heavy (non-hydrogen) atoms. The number of nitrogens with zero attached hydrogens (tertiary/aromatic N) is 3. The summed E-state index contributed by atoms with van der Waals surface area (Å²) in [6.07, 6.45) is 6.94. The first kappa shape index (κ1) is 7.03. The van der Waals surface area contributed by atoms with E-state index in [9.17, 15) is 5.11 Å². The largest absolute Gasteiger partial charge is 0.385 e. The van der Waals surface area contributed by atoms with Crippen molar-refractivity contribution in [2.45, 2.75) is 18.4 Å². The van der Waals surface area contributed by atoms with Crippen LogP contribution < -0.4 is 0 Å². The first-order chi connectivity index (χ1) is 6.28. The topological polar surface area (TPSA) is 50.4 Å². The maximum atomic E-state index is 9.82. The van der Waals surface area contributed by atoms with Crippen LogP contribution in [0.15, 0.2) is 24.7 Å². The molecule has 4 nitrogen and oxygen atoms in total. The molecule has 0 bridgehead atoms. The summed E-state index contributed by atoms with van der Waals surface area (Å²) in [5.74, 6) is 0. The first-order valence-corrected chi connectivity index (χ1v) is 4.30. The Morgan fingerprint density at radius 3 is 3.08 bits per heavy atom. The van der Waals surface area contributed by atoms with Crippen LogP contribution in [0.3, 0.4) is 0 Å². The van der Waals surface area contributed by atoms with Crippen LogP contribution in [0.1, 0.15) is 18.4 Å². The molecule has 0 unspecified atom stereocenters. The highest BCUT2D eigenvalue weighted by molar-refractivity contribution is 5.37. The Morgan fingerprint density at radius 2 is 2.31 bits per heavy atom. The minimum absolute atomic E-state index is 0.618. The van der Waals surface area contributed by atoms with E-state index >= 15 is 0 Å². The maximum absolute atomic E-state index is 9.82. The van der Waals surface area contributed by atoms with Gasteiger partial charge in [0.2, 0.25) is 0 Å². The number of hydrogen-bond acceptors (Lipinski definition) is 3. The fraction of sp³-hybridized carbons (Fsp3) is 0.333. The molecule has 4 heteroatoms. The van der Waals surface area contributed by atoms with Gasteiger partial charge in [0.25, 0.3) is 0 Å². The minimum Gasteiger partial charge on any atom is -0.385 e. The summed E-state index contributed by atoms with van der Waals surface area (Å²) in [5.41, 5.74) is 1.06. The Hall–Kier alpha value is -1.42. The molecule has 0 atom stereocenters. The second kappa shape index (κ2) is 2.09. The van der Waals surface area contributed by atoms with Gasteiger partial charge in [-0.2, -0.15) is 5.10 Å². The van der Waals surface area contributed by atoms with Crippen molar-refractivity contribution in [2.75, 3.05) is 0 Å². The van der Waals surface area contributed by atoms with Gasteiger partial charge in [0.1, 0.15) is 0 Å². The van der Waals surface area contributed by atoms with Crippen molar-refractivity contribution in [3.05, 3.63) is 30.2 Å². The molecule has 66 valence electrons. The summed E-state index contributed by atoms with van der Waals surface area (Å²) in [7, 11) is 0. The van der Waals surface area contributed by atoms with Crippen LogP contribution in [0.25, 0.3) is 5.65 Å². The maximum Gasteiger partial charge on any atom is 0.154 e. The Bertz CT molecular complexity index is 459. The Morgan fingerprint density at radius 1 is 1.46 bits per heavy atom. The van der Waals surface area contributed by atoms with E-state index in [0.717, 1.165) is 24.1 Å². The Balaban J connectivity index is 2.20. The van der Waals surface area contributed by atoms with Gasteiger partial charge in [-0.25, -0.2) is 9.50 Å². The first-order valence-electron chi connectivity index (χ1n) is 4.30. The van der Waals surface area contributed by atoms with Gasteiger partial charge in [-0.3, -0.25) is 0 Å². The number of rotatable bonds is 1. The summed E-state index contributed by atoms with van der Waals surface area (Å²) >= 11 is 0. The molecule has 0 saturated heterocycles. The second-order valence-electron chi connectivity index (χ2n) is 3.51. The van der Waals surface area contributed by atoms with Gasteiger partial charge in [-0.1, -0.05) is 0 Å². The minimum atomic E-state index is -0.618. The van der Waals surface area contributed by atoms with Gasteiger partial charge in [0, 0.05) is 24.0 Å². The van der Waals surface area contributed by atoms with Crippen molar-refractivity contribution in [3.63, 3.8) is 0 Å². The number of aromatic nitrogens is 3. The average Bonchev–Trinajstić information content (AvgIpc) is 2.74. The number of hydrogen-bond donors (Lipinski definition) is 1. The van der Waals surface area contributed by atoms with Gasteiger partial charge in [0.05, 0.1) is 11.8 Å². The fourth-order valence-electron chi connectivity index (χ4n) is 1.46. The van der Waals surface area contributed by atoms with Gasteiger partial charge >= 0.3 is 0 Å². The SMILES string of the molecule is OC1(c2cnc3ccnn3c2)CC1. The fourth-order valence-corrected chi connectivity index (χ4v) is 1.46. The van der Waals surface area contributed by atoms with Crippen LogP contribution in [0.2, 0.25) is 0 Å². The number of fused-ring (bicyclic) bond motifs is 1. The third-order valence-electron chi connectivity index (χ3n) is 2.51. The van der Waals surface area contributed by atoms with E-state index in [1.807, 2.05) is 12.3 Å². The lowest BCUT2D eigenvalue weighted by atomic mass is 10.2. The van der Waals surface area contributed by atoms with E-state index in [1.165, 1.54) is 0 Å². The van der Waals surface area contributed by atoms with Gasteiger partial charge in [0.15, 0.2) is 5.65 Å². The molecule has 1 aliphatic carbocycles. The lowest BCUT2D eigenvalue weighted by Crippen LogP contribution is -2.06. The molecule has 1 N–H and O–H groups in total. The van der Waals surface area contributed by atoms with Crippen LogP contribution >= 0.6 is 0 Å². The molecule has 2 aromatic heterocycles. The van der Waals surface area contributed by atoms with E-state index in [4.69, 9.17) is 0 Å². The molecule has 2 aromatic rings. The second-order valence-corrected chi connectivity index (χ2v) is 3.51. The zero-order chi connectivity index (χ0) is 8.89. The van der Waals surface area contributed by atoms with E-state index in [0.29, 0.717) is 0 Å². The third kappa shape index (κ3) is 0.954. The van der Waals surface area contributed by atoms with Crippen molar-refractivity contribution >= 4 is 5.65 Å². The molecular formula is C9H9N3O. The van der Waals surface area contributed by atoms with Crippen molar-refractivity contribution in [2.24, 2.45) is 0 Å². The van der Waals surface area contributed by atoms with E-state index in [1.54, 1.807) is 16.9 Å². The van der Waals surface area contributed by atoms with Crippen molar-refractivity contribution in [1.82, 2.24) is 14.6 Å². The molecule has 3 rings (SSSR count). The molecule has 0 aromatic carbocycles. The quantitative estimate of drug-likeness (QED) is 0.694. The highest BCUT2D eigenvalue weighted by atomic mass is 16.3. The van der Waals surface area contributed by atoms with E-state index in [-0.39, 0.29) is 0 Å². The lowest BCUT2D eigenvalue weighted by Gasteiger charge is -2.06. The molecule has 0 radical (unpaired) electrons. The molecule has 1 saturated carbocycles. The smallest absolute Gasteiger partial charge is 0.154 e. The van der Waals surface area contributed by atoms with Crippen LogP contribution in [0.4, 0.5) is 0 Å². The Kier molecular flexibility index (Phi) is 1.13. The van der Waals surface area contributed by atoms with Gasteiger partial charge < -0.3 is 5.11 Å². The van der Waals surface area contributed by atoms with Crippen molar-refractivity contribution in [1.29, 1.82) is 0 Å². The van der Waals surface area contributed by atoms with Crippen LogP contribution in [-0.2, 0) is 5.60 Å². The number of aliphatic hydroxyl groups is 1. The zero-order valence-electron chi connectivity index (χ0n) is 7.01. The highest BCUT2D eigenvalue weighted by Gasteiger charge is 2.42. The summed E-state index contributed by atoms with van der Waals surface area (Å²) in [6.45, 7) is 0. The van der Waals surface area contributed by atoms with Crippen molar-refractivity contribution < 1.29 is 5.11 Å². The molecular weight excluding hydrogens is 166 g/mol. The monoisotopic (exact) mass is 175 g/mol. The van der Waals surface area contributed by atoms with Gasteiger partial charge in [-0.05, 0) is 12.8 Å². The van der Waals surface area contributed by atoms with Crippen LogP contribution in [-0.4, -0.2) is 19.7 Å². The zero-order valence-corrected chi connectivity index (χ0v) is 7.01. The standard InChI is InChI=1S/C9H9N3O/c13-9(2-3-9)7-5-10-8-1-4-11-12(8)6-7/h1,4-6,13H,2-3H2. The normalized spacial score (nSPS) is 19.2. The van der Waals surface area contributed by atoms with Gasteiger partial charge in [-0.15, -0.1) is 0 Å². The van der Waals surface area contributed by atoms with Crippen LogP contribution in [0, 0.1) is 0 Å². The lowest BCUT2D eigenvalue weighted by molar-refractivity contribution is 0.150. The average molecular weight is 175 g/mol. The summed E-state index contributed by atoms with van der Waals surface area (Å²) < 4.78 is 1.69. The van der Waals surface area contributed by atoms with Crippen molar-refractivity contribution in [3.8, 4) is 0 Å². The summed E-state index contributed by atoms with van der Waals surface area (Å²) in [5, 5.41) is 13.9. The molecule has 0 spiro atoms. The Labute approximate surface area is 74.8 Å². The molecule has 0 aliphatic heterocycles. The summed E-state index contributed by atoms with van der Waals surface area (Å²) in [6, 6.07) is 1.83. The van der Waals surface area contributed by atoms with E-state index in [2.05, 4.69) is 10.1 Å². The van der Waals surface area contributed by atoms with Crippen LogP contribution in [0.5, 0.6) is 0 Å². The predicted octanol–water partition coefficient (Wildman–Crippen LogP) is 0.711.